The van der Waals surface area contributed by atoms with E-state index in [2.05, 4.69) is 15.6 Å². The van der Waals surface area contributed by atoms with Crippen LogP contribution in [0.5, 0.6) is 0 Å². The summed E-state index contributed by atoms with van der Waals surface area (Å²) in [5.41, 5.74) is 1.26. The normalized spacial score (nSPS) is 11.9. The molecule has 1 amide bonds. The minimum atomic E-state index is -0.184. The average Bonchev–Trinajstić information content (AvgIpc) is 2.91. The molecule has 0 aliphatic rings. The molecule has 0 radical (unpaired) electrons. The summed E-state index contributed by atoms with van der Waals surface area (Å²) in [5, 5.41) is 5.87. The number of amides is 1. The lowest BCUT2D eigenvalue weighted by molar-refractivity contribution is 0.0934. The SMILES string of the molecule is CNc1ccnc(C(=O)NC(C)Cc2ccco2)c1. The van der Waals surface area contributed by atoms with E-state index in [1.807, 2.05) is 25.1 Å². The third kappa shape index (κ3) is 3.58. The van der Waals surface area contributed by atoms with Gasteiger partial charge in [0.25, 0.3) is 5.91 Å². The molecule has 2 N–H and O–H groups in total. The number of pyridine rings is 1. The van der Waals surface area contributed by atoms with E-state index in [-0.39, 0.29) is 11.9 Å². The molecule has 0 bridgehead atoms. The number of furan rings is 1. The van der Waals surface area contributed by atoms with Crippen molar-refractivity contribution >= 4 is 11.6 Å². The Morgan fingerprint density at radius 1 is 1.47 bits per heavy atom. The van der Waals surface area contributed by atoms with Crippen LogP contribution in [0.25, 0.3) is 0 Å². The van der Waals surface area contributed by atoms with E-state index in [1.54, 1.807) is 25.6 Å². The number of aromatic nitrogens is 1. The highest BCUT2D eigenvalue weighted by atomic mass is 16.3. The molecule has 1 unspecified atom stereocenters. The predicted molar refractivity (Wildman–Crippen MR) is 73.1 cm³/mol. The van der Waals surface area contributed by atoms with Gasteiger partial charge in [0.2, 0.25) is 0 Å². The highest BCUT2D eigenvalue weighted by Crippen LogP contribution is 2.08. The van der Waals surface area contributed by atoms with Crippen molar-refractivity contribution in [1.29, 1.82) is 0 Å². The van der Waals surface area contributed by atoms with Gasteiger partial charge in [-0.25, -0.2) is 0 Å². The van der Waals surface area contributed by atoms with Gasteiger partial charge in [0, 0.05) is 31.4 Å². The fraction of sp³-hybridized carbons (Fsp3) is 0.286. The van der Waals surface area contributed by atoms with Crippen molar-refractivity contribution in [2.75, 3.05) is 12.4 Å². The second-order valence-electron chi connectivity index (χ2n) is 4.34. The highest BCUT2D eigenvalue weighted by molar-refractivity contribution is 5.93. The van der Waals surface area contributed by atoms with E-state index >= 15 is 0 Å². The van der Waals surface area contributed by atoms with Crippen LogP contribution in [0.1, 0.15) is 23.2 Å². The van der Waals surface area contributed by atoms with Gasteiger partial charge in [-0.15, -0.1) is 0 Å². The van der Waals surface area contributed by atoms with Crippen molar-refractivity contribution < 1.29 is 9.21 Å². The first-order valence-electron chi connectivity index (χ1n) is 6.16. The fourth-order valence-electron chi connectivity index (χ4n) is 1.79. The zero-order valence-corrected chi connectivity index (χ0v) is 11.0. The lowest BCUT2D eigenvalue weighted by atomic mass is 10.2. The third-order valence-electron chi connectivity index (χ3n) is 2.75. The number of nitrogens with zero attached hydrogens (tertiary/aromatic N) is 1. The Labute approximate surface area is 112 Å². The van der Waals surface area contributed by atoms with Crippen molar-refractivity contribution in [2.24, 2.45) is 0 Å². The van der Waals surface area contributed by atoms with Crippen molar-refractivity contribution in [2.45, 2.75) is 19.4 Å². The monoisotopic (exact) mass is 259 g/mol. The summed E-state index contributed by atoms with van der Waals surface area (Å²) in [6.07, 6.45) is 3.89. The molecule has 0 saturated heterocycles. The molecule has 5 nitrogen and oxygen atoms in total. The van der Waals surface area contributed by atoms with Gasteiger partial charge in [0.05, 0.1) is 6.26 Å². The van der Waals surface area contributed by atoms with E-state index < -0.39 is 0 Å². The third-order valence-corrected chi connectivity index (χ3v) is 2.75. The van der Waals surface area contributed by atoms with Gasteiger partial charge in [-0.1, -0.05) is 0 Å². The van der Waals surface area contributed by atoms with Gasteiger partial charge >= 0.3 is 0 Å². The molecule has 0 fully saturated rings. The average molecular weight is 259 g/mol. The summed E-state index contributed by atoms with van der Waals surface area (Å²) in [4.78, 5) is 16.1. The van der Waals surface area contributed by atoms with Gasteiger partial charge in [0.1, 0.15) is 11.5 Å². The standard InChI is InChI=1S/C14H17N3O2/c1-10(8-12-4-3-7-19-12)17-14(18)13-9-11(15-2)5-6-16-13/h3-7,9-10H,8H2,1-2H3,(H,15,16)(H,17,18). The summed E-state index contributed by atoms with van der Waals surface area (Å²) in [6, 6.07) is 7.24. The van der Waals surface area contributed by atoms with Crippen LogP contribution in [0.4, 0.5) is 5.69 Å². The van der Waals surface area contributed by atoms with Gasteiger partial charge in [0.15, 0.2) is 0 Å². The molecule has 0 aromatic carbocycles. The maximum Gasteiger partial charge on any atom is 0.270 e. The zero-order chi connectivity index (χ0) is 13.7. The number of anilines is 1. The van der Waals surface area contributed by atoms with Crippen molar-refractivity contribution in [3.8, 4) is 0 Å². The second-order valence-corrected chi connectivity index (χ2v) is 4.34. The fourth-order valence-corrected chi connectivity index (χ4v) is 1.79. The zero-order valence-electron chi connectivity index (χ0n) is 11.0. The van der Waals surface area contributed by atoms with Crippen LogP contribution in [0.15, 0.2) is 41.1 Å². The summed E-state index contributed by atoms with van der Waals surface area (Å²) in [6.45, 7) is 1.93. The van der Waals surface area contributed by atoms with E-state index in [4.69, 9.17) is 4.42 Å². The number of hydrogen-bond donors (Lipinski definition) is 2. The van der Waals surface area contributed by atoms with Gasteiger partial charge in [-0.2, -0.15) is 0 Å². The van der Waals surface area contributed by atoms with Crippen LogP contribution in [0.2, 0.25) is 0 Å². The van der Waals surface area contributed by atoms with Crippen molar-refractivity contribution in [3.05, 3.63) is 48.2 Å². The maximum absolute atomic E-state index is 12.0. The van der Waals surface area contributed by atoms with Crippen molar-refractivity contribution in [1.82, 2.24) is 10.3 Å². The molecule has 0 aliphatic carbocycles. The van der Waals surface area contributed by atoms with Crippen LogP contribution in [-0.4, -0.2) is 24.0 Å². The molecule has 2 aromatic heterocycles. The van der Waals surface area contributed by atoms with E-state index in [1.165, 1.54) is 0 Å². The largest absolute Gasteiger partial charge is 0.469 e. The van der Waals surface area contributed by atoms with E-state index in [0.717, 1.165) is 11.4 Å². The Kier molecular flexibility index (Phi) is 4.18. The molecule has 100 valence electrons. The molecule has 0 saturated carbocycles. The lowest BCUT2D eigenvalue weighted by Crippen LogP contribution is -2.34. The van der Waals surface area contributed by atoms with Crippen LogP contribution < -0.4 is 10.6 Å². The number of carbonyl (C=O) groups excluding carboxylic acids is 1. The van der Waals surface area contributed by atoms with Gasteiger partial charge < -0.3 is 15.1 Å². The molecule has 0 aliphatic heterocycles. The Morgan fingerprint density at radius 2 is 2.32 bits per heavy atom. The maximum atomic E-state index is 12.0. The van der Waals surface area contributed by atoms with Crippen molar-refractivity contribution in [3.63, 3.8) is 0 Å². The lowest BCUT2D eigenvalue weighted by Gasteiger charge is -2.12. The quantitative estimate of drug-likeness (QED) is 0.862. The first-order valence-corrected chi connectivity index (χ1v) is 6.16. The van der Waals surface area contributed by atoms with Crippen LogP contribution >= 0.6 is 0 Å². The van der Waals surface area contributed by atoms with Crippen LogP contribution in [0, 0.1) is 0 Å². The molecule has 5 heteroatoms. The first kappa shape index (κ1) is 13.1. The predicted octanol–water partition coefficient (Wildman–Crippen LogP) is 2.08. The summed E-state index contributed by atoms with van der Waals surface area (Å²) in [7, 11) is 1.80. The number of nitrogens with one attached hydrogen (secondary N) is 2. The number of hydrogen-bond acceptors (Lipinski definition) is 4. The summed E-state index contributed by atoms with van der Waals surface area (Å²) < 4.78 is 5.25. The molecular formula is C14H17N3O2. The number of carbonyl (C=O) groups is 1. The minimum Gasteiger partial charge on any atom is -0.469 e. The molecule has 2 heterocycles. The highest BCUT2D eigenvalue weighted by Gasteiger charge is 2.12. The molecule has 2 aromatic rings. The Hall–Kier alpha value is -2.30. The molecule has 0 spiro atoms. The first-order chi connectivity index (χ1) is 9.19. The van der Waals surface area contributed by atoms with Crippen LogP contribution in [0.3, 0.4) is 0 Å². The Balaban J connectivity index is 1.96. The van der Waals surface area contributed by atoms with Crippen LogP contribution in [-0.2, 0) is 6.42 Å². The van der Waals surface area contributed by atoms with E-state index in [9.17, 15) is 4.79 Å². The summed E-state index contributed by atoms with van der Waals surface area (Å²) in [5.74, 6) is 0.667. The minimum absolute atomic E-state index is 0.0151. The van der Waals surface area contributed by atoms with Gasteiger partial charge in [-0.3, -0.25) is 9.78 Å². The smallest absolute Gasteiger partial charge is 0.270 e. The Morgan fingerprint density at radius 3 is 3.00 bits per heavy atom. The van der Waals surface area contributed by atoms with Gasteiger partial charge in [-0.05, 0) is 31.2 Å². The number of rotatable bonds is 5. The second kappa shape index (κ2) is 6.04. The summed E-state index contributed by atoms with van der Waals surface area (Å²) >= 11 is 0. The molecular weight excluding hydrogens is 242 g/mol. The molecule has 2 rings (SSSR count). The van der Waals surface area contributed by atoms with E-state index in [0.29, 0.717) is 12.1 Å². The topological polar surface area (TPSA) is 67.2 Å². The molecule has 1 atom stereocenters. The molecule has 19 heavy (non-hydrogen) atoms. The Bertz CT molecular complexity index is 537.